The van der Waals surface area contributed by atoms with Gasteiger partial charge in [0.25, 0.3) is 5.91 Å². The van der Waals surface area contributed by atoms with E-state index in [0.717, 1.165) is 31.4 Å². The molecule has 4 heteroatoms. The number of anilines is 1. The summed E-state index contributed by atoms with van der Waals surface area (Å²) in [7, 11) is 0. The Morgan fingerprint density at radius 2 is 2.11 bits per heavy atom. The van der Waals surface area contributed by atoms with Crippen molar-refractivity contribution in [2.45, 2.75) is 44.8 Å². The number of nitrogens with two attached hydrogens (primary N) is 1. The van der Waals surface area contributed by atoms with Gasteiger partial charge in [-0.3, -0.25) is 4.79 Å². The molecule has 1 aliphatic heterocycles. The topological polar surface area (TPSA) is 64.4 Å². The summed E-state index contributed by atoms with van der Waals surface area (Å²) in [6.45, 7) is 2.64. The van der Waals surface area contributed by atoms with Gasteiger partial charge in [-0.2, -0.15) is 0 Å². The molecule has 1 amide bonds. The first-order chi connectivity index (χ1) is 9.22. The number of nitrogens with one attached hydrogen (secondary N) is 1. The van der Waals surface area contributed by atoms with E-state index in [1.807, 2.05) is 12.1 Å². The third-order valence-corrected chi connectivity index (χ3v) is 3.42. The Morgan fingerprint density at radius 1 is 1.37 bits per heavy atom. The second-order valence-corrected chi connectivity index (χ2v) is 5.00. The van der Waals surface area contributed by atoms with Crippen LogP contribution in [0.5, 0.6) is 0 Å². The minimum absolute atomic E-state index is 0.0303. The minimum Gasteiger partial charge on any atom is -0.364 e. The molecule has 2 unspecified atom stereocenters. The largest absolute Gasteiger partial charge is 0.364 e. The lowest BCUT2D eigenvalue weighted by molar-refractivity contribution is -0.126. The molecule has 2 atom stereocenters. The van der Waals surface area contributed by atoms with Gasteiger partial charge in [0.15, 0.2) is 0 Å². The lowest BCUT2D eigenvalue weighted by Crippen LogP contribution is -2.29. The maximum atomic E-state index is 12.0. The van der Waals surface area contributed by atoms with E-state index >= 15 is 0 Å². The average molecular weight is 262 g/mol. The average Bonchev–Trinajstić information content (AvgIpc) is 2.90. The zero-order chi connectivity index (χ0) is 13.7. The molecule has 19 heavy (non-hydrogen) atoms. The summed E-state index contributed by atoms with van der Waals surface area (Å²) in [6, 6.07) is 7.99. The summed E-state index contributed by atoms with van der Waals surface area (Å²) in [5, 5.41) is 2.89. The molecule has 2 rings (SSSR count). The number of aryl methyl sites for hydroxylation is 1. The van der Waals surface area contributed by atoms with Gasteiger partial charge in [0.05, 0.1) is 6.10 Å². The summed E-state index contributed by atoms with van der Waals surface area (Å²) in [6.07, 6.45) is 3.48. The zero-order valence-electron chi connectivity index (χ0n) is 11.4. The van der Waals surface area contributed by atoms with Crippen LogP contribution in [-0.2, 0) is 16.0 Å². The summed E-state index contributed by atoms with van der Waals surface area (Å²) in [5.74, 6) is -0.0702. The maximum absolute atomic E-state index is 12.0. The second-order valence-electron chi connectivity index (χ2n) is 5.00. The van der Waals surface area contributed by atoms with Crippen LogP contribution >= 0.6 is 0 Å². The van der Waals surface area contributed by atoms with Gasteiger partial charge < -0.3 is 15.8 Å². The predicted octanol–water partition coefficient (Wildman–Crippen LogP) is 2.08. The van der Waals surface area contributed by atoms with E-state index in [0.29, 0.717) is 6.54 Å². The van der Waals surface area contributed by atoms with Gasteiger partial charge in [-0.05, 0) is 37.0 Å². The Labute approximate surface area is 114 Å². The van der Waals surface area contributed by atoms with Crippen molar-refractivity contribution in [2.75, 3.05) is 11.9 Å². The SMILES string of the molecule is CCCc1ccc(NC(=O)C2CCC(CN)O2)cc1. The van der Waals surface area contributed by atoms with E-state index < -0.39 is 0 Å². The van der Waals surface area contributed by atoms with Gasteiger partial charge in [-0.15, -0.1) is 0 Å². The van der Waals surface area contributed by atoms with Crippen molar-refractivity contribution in [1.29, 1.82) is 0 Å². The van der Waals surface area contributed by atoms with Gasteiger partial charge in [-0.1, -0.05) is 25.5 Å². The molecule has 1 fully saturated rings. The van der Waals surface area contributed by atoms with E-state index in [9.17, 15) is 4.79 Å². The van der Waals surface area contributed by atoms with Gasteiger partial charge in [0.2, 0.25) is 0 Å². The number of hydrogen-bond donors (Lipinski definition) is 2. The van der Waals surface area contributed by atoms with E-state index in [1.165, 1.54) is 5.56 Å². The molecule has 3 N–H and O–H groups in total. The van der Waals surface area contributed by atoms with Crippen LogP contribution in [0.2, 0.25) is 0 Å². The molecular formula is C15H22N2O2. The molecule has 1 saturated heterocycles. The molecule has 0 aliphatic carbocycles. The quantitative estimate of drug-likeness (QED) is 0.854. The number of carbonyl (C=O) groups is 1. The van der Waals surface area contributed by atoms with Crippen LogP contribution in [0.1, 0.15) is 31.7 Å². The Hall–Kier alpha value is -1.39. The number of hydrogen-bond acceptors (Lipinski definition) is 3. The third-order valence-electron chi connectivity index (χ3n) is 3.42. The Bertz CT molecular complexity index is 417. The van der Waals surface area contributed by atoms with Crippen molar-refractivity contribution in [3.8, 4) is 0 Å². The fourth-order valence-corrected chi connectivity index (χ4v) is 2.34. The molecule has 1 aliphatic rings. The zero-order valence-corrected chi connectivity index (χ0v) is 11.4. The fourth-order valence-electron chi connectivity index (χ4n) is 2.34. The first-order valence-electron chi connectivity index (χ1n) is 6.98. The normalized spacial score (nSPS) is 22.4. The Balaban J connectivity index is 1.88. The van der Waals surface area contributed by atoms with Crippen molar-refractivity contribution < 1.29 is 9.53 Å². The minimum atomic E-state index is -0.358. The molecule has 1 aromatic carbocycles. The van der Waals surface area contributed by atoms with Crippen molar-refractivity contribution in [1.82, 2.24) is 0 Å². The summed E-state index contributed by atoms with van der Waals surface area (Å²) in [5.41, 5.74) is 7.65. The highest BCUT2D eigenvalue weighted by atomic mass is 16.5. The van der Waals surface area contributed by atoms with Crippen LogP contribution in [0.25, 0.3) is 0 Å². The van der Waals surface area contributed by atoms with Gasteiger partial charge in [0.1, 0.15) is 6.10 Å². The fraction of sp³-hybridized carbons (Fsp3) is 0.533. The number of amides is 1. The second kappa shape index (κ2) is 6.68. The van der Waals surface area contributed by atoms with Gasteiger partial charge in [-0.25, -0.2) is 0 Å². The summed E-state index contributed by atoms with van der Waals surface area (Å²) < 4.78 is 5.57. The van der Waals surface area contributed by atoms with E-state index in [2.05, 4.69) is 24.4 Å². The van der Waals surface area contributed by atoms with Crippen LogP contribution in [0.3, 0.4) is 0 Å². The lowest BCUT2D eigenvalue weighted by atomic mass is 10.1. The van der Waals surface area contributed by atoms with Crippen molar-refractivity contribution >= 4 is 11.6 Å². The molecule has 0 saturated carbocycles. The standard InChI is InChI=1S/C15H22N2O2/c1-2-3-11-4-6-12(7-5-11)17-15(18)14-9-8-13(10-16)19-14/h4-7,13-14H,2-3,8-10,16H2,1H3,(H,17,18). The predicted molar refractivity (Wildman–Crippen MR) is 76.0 cm³/mol. The highest BCUT2D eigenvalue weighted by molar-refractivity contribution is 5.94. The summed E-state index contributed by atoms with van der Waals surface area (Å²) in [4.78, 5) is 12.0. The highest BCUT2D eigenvalue weighted by Gasteiger charge is 2.29. The summed E-state index contributed by atoms with van der Waals surface area (Å²) >= 11 is 0. The molecule has 1 aromatic rings. The van der Waals surface area contributed by atoms with Crippen LogP contribution < -0.4 is 11.1 Å². The van der Waals surface area contributed by atoms with Gasteiger partial charge in [0, 0.05) is 12.2 Å². The molecule has 104 valence electrons. The lowest BCUT2D eigenvalue weighted by Gasteiger charge is -2.13. The number of carbonyl (C=O) groups excluding carboxylic acids is 1. The van der Waals surface area contributed by atoms with E-state index in [-0.39, 0.29) is 18.1 Å². The van der Waals surface area contributed by atoms with Crippen molar-refractivity contribution in [2.24, 2.45) is 5.73 Å². The first-order valence-corrected chi connectivity index (χ1v) is 6.98. The van der Waals surface area contributed by atoms with Crippen LogP contribution in [0, 0.1) is 0 Å². The van der Waals surface area contributed by atoms with E-state index in [1.54, 1.807) is 0 Å². The highest BCUT2D eigenvalue weighted by Crippen LogP contribution is 2.20. The van der Waals surface area contributed by atoms with Crippen LogP contribution in [0.15, 0.2) is 24.3 Å². The molecule has 0 radical (unpaired) electrons. The molecule has 1 heterocycles. The smallest absolute Gasteiger partial charge is 0.253 e. The van der Waals surface area contributed by atoms with Crippen molar-refractivity contribution in [3.05, 3.63) is 29.8 Å². The maximum Gasteiger partial charge on any atom is 0.253 e. The van der Waals surface area contributed by atoms with Crippen LogP contribution in [-0.4, -0.2) is 24.7 Å². The Morgan fingerprint density at radius 3 is 2.68 bits per heavy atom. The van der Waals surface area contributed by atoms with Crippen LogP contribution in [0.4, 0.5) is 5.69 Å². The van der Waals surface area contributed by atoms with Crippen molar-refractivity contribution in [3.63, 3.8) is 0 Å². The molecule has 0 spiro atoms. The third kappa shape index (κ3) is 3.78. The Kier molecular flexibility index (Phi) is 4.93. The first kappa shape index (κ1) is 14.0. The molecule has 0 aromatic heterocycles. The monoisotopic (exact) mass is 262 g/mol. The number of rotatable bonds is 5. The van der Waals surface area contributed by atoms with Gasteiger partial charge >= 0.3 is 0 Å². The molecule has 0 bridgehead atoms. The van der Waals surface area contributed by atoms with E-state index in [4.69, 9.17) is 10.5 Å². The molecular weight excluding hydrogens is 240 g/mol. The molecule has 4 nitrogen and oxygen atoms in total. The number of benzene rings is 1. The number of ether oxygens (including phenoxy) is 1.